The van der Waals surface area contributed by atoms with Crippen LogP contribution in [-0.2, 0) is 4.74 Å². The Morgan fingerprint density at radius 3 is 3.00 bits per heavy atom. The van der Waals surface area contributed by atoms with E-state index in [1.54, 1.807) is 7.11 Å². The largest absolute Gasteiger partial charge is 0.384 e. The van der Waals surface area contributed by atoms with Gasteiger partial charge < -0.3 is 4.74 Å². The van der Waals surface area contributed by atoms with Gasteiger partial charge >= 0.3 is 0 Å². The number of ether oxygens (including phenoxy) is 1. The van der Waals surface area contributed by atoms with E-state index < -0.39 is 0 Å². The van der Waals surface area contributed by atoms with Crippen LogP contribution in [0.3, 0.4) is 0 Å². The van der Waals surface area contributed by atoms with Crippen LogP contribution in [0.25, 0.3) is 0 Å². The number of hydrogen-bond donors (Lipinski definition) is 0. The number of rotatable bonds is 5. The van der Waals surface area contributed by atoms with Crippen molar-refractivity contribution in [3.8, 4) is 6.07 Å². The van der Waals surface area contributed by atoms with E-state index in [1.165, 1.54) is 6.42 Å². The van der Waals surface area contributed by atoms with Crippen molar-refractivity contribution in [3.63, 3.8) is 0 Å². The average Bonchev–Trinajstić information content (AvgIpc) is 2.63. The van der Waals surface area contributed by atoms with Crippen LogP contribution in [0.2, 0.25) is 0 Å². The summed E-state index contributed by atoms with van der Waals surface area (Å²) in [4.78, 5) is 2.44. The summed E-state index contributed by atoms with van der Waals surface area (Å²) >= 11 is 0. The van der Waals surface area contributed by atoms with Gasteiger partial charge in [0.2, 0.25) is 0 Å². The molecule has 3 heteroatoms. The molecule has 1 aliphatic rings. The Hall–Kier alpha value is -0.590. The minimum atomic E-state index is 0.460. The lowest BCUT2D eigenvalue weighted by molar-refractivity contribution is 0.146. The molecule has 1 saturated heterocycles. The number of methoxy groups -OCH3 is 1. The summed E-state index contributed by atoms with van der Waals surface area (Å²) in [7, 11) is 1.76. The van der Waals surface area contributed by atoms with Gasteiger partial charge in [-0.2, -0.15) is 5.26 Å². The van der Waals surface area contributed by atoms with E-state index in [1.807, 2.05) is 0 Å². The van der Waals surface area contributed by atoms with Gasteiger partial charge in [-0.3, -0.25) is 4.90 Å². The molecule has 0 aromatic heterocycles. The van der Waals surface area contributed by atoms with Gasteiger partial charge in [0.15, 0.2) is 0 Å². The fraction of sp³-hybridized carbons (Fsp3) is 0.909. The standard InChI is InChI=1S/C11H20N2O/c1-3-11(4-6-12)13-7-5-10(8-13)9-14-2/h10-11H,3-5,7-9H2,1-2H3. The zero-order valence-corrected chi connectivity index (χ0v) is 9.20. The van der Waals surface area contributed by atoms with Gasteiger partial charge in [0, 0.05) is 19.7 Å². The average molecular weight is 196 g/mol. The number of nitrogens with zero attached hydrogens (tertiary/aromatic N) is 2. The summed E-state index contributed by atoms with van der Waals surface area (Å²) in [6, 6.07) is 2.73. The summed E-state index contributed by atoms with van der Waals surface area (Å²) in [5.74, 6) is 0.674. The van der Waals surface area contributed by atoms with Gasteiger partial charge in [0.1, 0.15) is 0 Å². The second-order valence-electron chi connectivity index (χ2n) is 4.03. The number of likely N-dealkylation sites (tertiary alicyclic amines) is 1. The van der Waals surface area contributed by atoms with E-state index in [2.05, 4.69) is 17.9 Å². The SMILES string of the molecule is CCC(CC#N)N1CCC(COC)C1. The molecule has 0 bridgehead atoms. The molecule has 14 heavy (non-hydrogen) atoms. The van der Waals surface area contributed by atoms with Crippen molar-refractivity contribution in [3.05, 3.63) is 0 Å². The van der Waals surface area contributed by atoms with Crippen molar-refractivity contribution in [2.75, 3.05) is 26.8 Å². The number of hydrogen-bond acceptors (Lipinski definition) is 3. The summed E-state index contributed by atoms with van der Waals surface area (Å²) in [6.45, 7) is 5.26. The predicted molar refractivity (Wildman–Crippen MR) is 55.9 cm³/mol. The van der Waals surface area contributed by atoms with Crippen LogP contribution in [0.4, 0.5) is 0 Å². The van der Waals surface area contributed by atoms with Crippen molar-refractivity contribution in [2.24, 2.45) is 5.92 Å². The molecule has 0 saturated carbocycles. The second-order valence-corrected chi connectivity index (χ2v) is 4.03. The molecule has 0 aromatic rings. The Balaban J connectivity index is 2.35. The smallest absolute Gasteiger partial charge is 0.0638 e. The van der Waals surface area contributed by atoms with E-state index in [0.717, 1.165) is 26.1 Å². The van der Waals surface area contributed by atoms with Gasteiger partial charge in [-0.1, -0.05) is 6.92 Å². The van der Waals surface area contributed by atoms with Crippen molar-refractivity contribution >= 4 is 0 Å². The zero-order chi connectivity index (χ0) is 10.4. The molecule has 0 radical (unpaired) electrons. The quantitative estimate of drug-likeness (QED) is 0.670. The van der Waals surface area contributed by atoms with Crippen molar-refractivity contribution in [2.45, 2.75) is 32.2 Å². The lowest BCUT2D eigenvalue weighted by Gasteiger charge is -2.24. The first-order valence-corrected chi connectivity index (χ1v) is 5.41. The van der Waals surface area contributed by atoms with Gasteiger partial charge in [0.25, 0.3) is 0 Å². The highest BCUT2D eigenvalue weighted by molar-refractivity contribution is 4.86. The first-order valence-electron chi connectivity index (χ1n) is 5.41. The molecular weight excluding hydrogens is 176 g/mol. The monoisotopic (exact) mass is 196 g/mol. The van der Waals surface area contributed by atoms with E-state index in [4.69, 9.17) is 10.00 Å². The molecule has 0 aliphatic carbocycles. The van der Waals surface area contributed by atoms with Crippen LogP contribution >= 0.6 is 0 Å². The second kappa shape index (κ2) is 6.00. The molecule has 1 aliphatic heterocycles. The highest BCUT2D eigenvalue weighted by atomic mass is 16.5. The molecule has 0 amide bonds. The van der Waals surface area contributed by atoms with Crippen LogP contribution in [0.15, 0.2) is 0 Å². The third-order valence-electron chi connectivity index (χ3n) is 3.03. The Labute approximate surface area is 86.6 Å². The van der Waals surface area contributed by atoms with E-state index >= 15 is 0 Å². The Morgan fingerprint density at radius 2 is 2.43 bits per heavy atom. The highest BCUT2D eigenvalue weighted by Crippen LogP contribution is 2.21. The molecule has 0 N–H and O–H groups in total. The normalized spacial score (nSPS) is 24.8. The fourth-order valence-corrected chi connectivity index (χ4v) is 2.20. The lowest BCUT2D eigenvalue weighted by atomic mass is 10.1. The Bertz CT molecular complexity index is 200. The first kappa shape index (κ1) is 11.5. The summed E-state index contributed by atoms with van der Waals surface area (Å²) < 4.78 is 5.16. The predicted octanol–water partition coefficient (Wildman–Crippen LogP) is 1.65. The van der Waals surface area contributed by atoms with Gasteiger partial charge in [-0.25, -0.2) is 0 Å². The van der Waals surface area contributed by atoms with Gasteiger partial charge in [0.05, 0.1) is 19.1 Å². The third kappa shape index (κ3) is 2.97. The first-order chi connectivity index (χ1) is 6.81. The topological polar surface area (TPSA) is 36.3 Å². The maximum absolute atomic E-state index is 8.70. The maximum Gasteiger partial charge on any atom is 0.0638 e. The van der Waals surface area contributed by atoms with Crippen LogP contribution in [0.5, 0.6) is 0 Å². The van der Waals surface area contributed by atoms with Crippen molar-refractivity contribution < 1.29 is 4.74 Å². The molecule has 1 fully saturated rings. The molecular formula is C11H20N2O. The Morgan fingerprint density at radius 1 is 1.64 bits per heavy atom. The van der Waals surface area contributed by atoms with Crippen molar-refractivity contribution in [1.82, 2.24) is 4.90 Å². The Kier molecular flexibility index (Phi) is 4.92. The van der Waals surface area contributed by atoms with Gasteiger partial charge in [-0.15, -0.1) is 0 Å². The summed E-state index contributed by atoms with van der Waals surface area (Å²) in [6.07, 6.45) is 2.96. The third-order valence-corrected chi connectivity index (χ3v) is 3.03. The van der Waals surface area contributed by atoms with E-state index in [9.17, 15) is 0 Å². The molecule has 1 rings (SSSR count). The minimum absolute atomic E-state index is 0.460. The molecule has 80 valence electrons. The van der Waals surface area contributed by atoms with Crippen molar-refractivity contribution in [1.29, 1.82) is 5.26 Å². The zero-order valence-electron chi connectivity index (χ0n) is 9.20. The molecule has 2 unspecified atom stereocenters. The van der Waals surface area contributed by atoms with Crippen LogP contribution < -0.4 is 0 Å². The molecule has 1 heterocycles. The fourth-order valence-electron chi connectivity index (χ4n) is 2.20. The molecule has 0 spiro atoms. The summed E-state index contributed by atoms with van der Waals surface area (Å²) in [5.41, 5.74) is 0. The van der Waals surface area contributed by atoms with Crippen LogP contribution in [0, 0.1) is 17.2 Å². The molecule has 0 aromatic carbocycles. The summed E-state index contributed by atoms with van der Waals surface area (Å²) in [5, 5.41) is 8.70. The maximum atomic E-state index is 8.70. The minimum Gasteiger partial charge on any atom is -0.384 e. The molecule has 3 nitrogen and oxygen atoms in total. The van der Waals surface area contributed by atoms with Gasteiger partial charge in [-0.05, 0) is 25.3 Å². The number of nitriles is 1. The van der Waals surface area contributed by atoms with E-state index in [0.29, 0.717) is 18.4 Å². The van der Waals surface area contributed by atoms with E-state index in [-0.39, 0.29) is 0 Å². The lowest BCUT2D eigenvalue weighted by Crippen LogP contribution is -2.33. The van der Waals surface area contributed by atoms with Crippen LogP contribution in [-0.4, -0.2) is 37.7 Å². The van der Waals surface area contributed by atoms with Crippen LogP contribution in [0.1, 0.15) is 26.2 Å². The highest BCUT2D eigenvalue weighted by Gasteiger charge is 2.26. The molecule has 2 atom stereocenters.